The zero-order valence-electron chi connectivity index (χ0n) is 15.1. The van der Waals surface area contributed by atoms with E-state index in [2.05, 4.69) is 15.8 Å². The van der Waals surface area contributed by atoms with E-state index in [9.17, 15) is 14.4 Å². The Morgan fingerprint density at radius 2 is 1.61 bits per heavy atom. The van der Waals surface area contributed by atoms with Gasteiger partial charge in [0, 0.05) is 13.1 Å². The Morgan fingerprint density at radius 1 is 0.929 bits per heavy atom. The van der Waals surface area contributed by atoms with Crippen LogP contribution in [0.2, 0.25) is 0 Å². The predicted octanol–water partition coefficient (Wildman–Crippen LogP) is 1.25. The highest BCUT2D eigenvalue weighted by Crippen LogP contribution is 2.18. The molecule has 0 unspecified atom stereocenters. The molecule has 2 aromatic rings. The zero-order chi connectivity index (χ0) is 19.8. The largest absolute Gasteiger partial charge is 0.378 e. The first-order chi connectivity index (χ1) is 13.6. The maximum atomic E-state index is 12.7. The summed E-state index contributed by atoms with van der Waals surface area (Å²) >= 11 is 0. The number of anilines is 1. The number of carbonyl (C=O) groups excluding carboxylic acids is 3. The Hall–Kier alpha value is -3.52. The molecule has 8 heteroatoms. The predicted molar refractivity (Wildman–Crippen MR) is 104 cm³/mol. The fourth-order valence-electron chi connectivity index (χ4n) is 2.65. The first-order valence-corrected chi connectivity index (χ1v) is 8.80. The molecule has 1 saturated heterocycles. The van der Waals surface area contributed by atoms with Gasteiger partial charge in [-0.2, -0.15) is 5.10 Å². The van der Waals surface area contributed by atoms with E-state index in [1.54, 1.807) is 29.2 Å². The van der Waals surface area contributed by atoms with Gasteiger partial charge in [0.2, 0.25) is 0 Å². The van der Waals surface area contributed by atoms with Crippen LogP contribution in [0.15, 0.2) is 59.7 Å². The van der Waals surface area contributed by atoms with Gasteiger partial charge >= 0.3 is 11.8 Å². The summed E-state index contributed by atoms with van der Waals surface area (Å²) in [6, 6.07) is 15.7. The average Bonchev–Trinajstić information content (AvgIpc) is 2.75. The molecular weight excluding hydrogens is 360 g/mol. The zero-order valence-corrected chi connectivity index (χ0v) is 15.1. The van der Waals surface area contributed by atoms with Crippen molar-refractivity contribution >= 4 is 29.6 Å². The highest BCUT2D eigenvalue weighted by Gasteiger charge is 2.22. The molecule has 0 aliphatic carbocycles. The molecule has 0 bridgehead atoms. The van der Waals surface area contributed by atoms with Gasteiger partial charge in [0.25, 0.3) is 5.91 Å². The van der Waals surface area contributed by atoms with Crippen molar-refractivity contribution in [2.24, 2.45) is 5.10 Å². The van der Waals surface area contributed by atoms with Crippen molar-refractivity contribution in [2.45, 2.75) is 0 Å². The molecule has 1 aliphatic heterocycles. The molecule has 0 saturated carbocycles. The molecule has 0 spiro atoms. The molecule has 2 aromatic carbocycles. The first-order valence-electron chi connectivity index (χ1n) is 8.80. The topological polar surface area (TPSA) is 100 Å². The third-order valence-corrected chi connectivity index (χ3v) is 4.09. The van der Waals surface area contributed by atoms with Gasteiger partial charge < -0.3 is 15.0 Å². The molecule has 0 aromatic heterocycles. The van der Waals surface area contributed by atoms with E-state index in [4.69, 9.17) is 4.74 Å². The van der Waals surface area contributed by atoms with Crippen molar-refractivity contribution in [1.82, 2.24) is 10.3 Å². The van der Waals surface area contributed by atoms with Gasteiger partial charge in [-0.05, 0) is 17.7 Å². The Kier molecular flexibility index (Phi) is 6.48. The van der Waals surface area contributed by atoms with Crippen molar-refractivity contribution in [3.63, 3.8) is 0 Å². The molecule has 3 rings (SSSR count). The van der Waals surface area contributed by atoms with Crippen molar-refractivity contribution in [2.75, 3.05) is 31.6 Å². The molecule has 1 fully saturated rings. The van der Waals surface area contributed by atoms with E-state index in [1.807, 2.05) is 30.3 Å². The molecule has 28 heavy (non-hydrogen) atoms. The molecule has 0 atom stereocenters. The van der Waals surface area contributed by atoms with Crippen LogP contribution in [0.5, 0.6) is 0 Å². The smallest absolute Gasteiger partial charge is 0.329 e. The van der Waals surface area contributed by atoms with Crippen LogP contribution in [-0.2, 0) is 14.3 Å². The SMILES string of the molecule is O=C(N/N=C/c1ccccc1)C(=O)Nc1ccccc1C(=O)N1CCOCC1. The maximum absolute atomic E-state index is 12.7. The Morgan fingerprint density at radius 3 is 2.36 bits per heavy atom. The lowest BCUT2D eigenvalue weighted by Gasteiger charge is -2.27. The van der Waals surface area contributed by atoms with E-state index in [0.29, 0.717) is 31.9 Å². The number of amides is 3. The Balaban J connectivity index is 1.62. The van der Waals surface area contributed by atoms with E-state index in [1.165, 1.54) is 6.21 Å². The highest BCUT2D eigenvalue weighted by atomic mass is 16.5. The average molecular weight is 380 g/mol. The third-order valence-electron chi connectivity index (χ3n) is 4.09. The molecule has 0 radical (unpaired) electrons. The van der Waals surface area contributed by atoms with E-state index < -0.39 is 11.8 Å². The lowest BCUT2D eigenvalue weighted by Crippen LogP contribution is -2.41. The normalized spacial score (nSPS) is 13.9. The van der Waals surface area contributed by atoms with Crippen LogP contribution in [0.4, 0.5) is 5.69 Å². The van der Waals surface area contributed by atoms with Crippen molar-refractivity contribution in [3.8, 4) is 0 Å². The molecule has 1 heterocycles. The maximum Gasteiger partial charge on any atom is 0.329 e. The fourth-order valence-corrected chi connectivity index (χ4v) is 2.65. The van der Waals surface area contributed by atoms with Gasteiger partial charge in [-0.1, -0.05) is 42.5 Å². The number of hydrogen-bond donors (Lipinski definition) is 2. The number of ether oxygens (including phenoxy) is 1. The number of morpholine rings is 1. The molecule has 3 amide bonds. The van der Waals surface area contributed by atoms with Crippen molar-refractivity contribution in [1.29, 1.82) is 0 Å². The van der Waals surface area contributed by atoms with E-state index >= 15 is 0 Å². The van der Waals surface area contributed by atoms with Gasteiger partial charge in [0.05, 0.1) is 30.7 Å². The second-order valence-corrected chi connectivity index (χ2v) is 6.01. The minimum atomic E-state index is -0.930. The van der Waals surface area contributed by atoms with Crippen LogP contribution in [0.25, 0.3) is 0 Å². The number of benzene rings is 2. The summed E-state index contributed by atoms with van der Waals surface area (Å²) in [7, 11) is 0. The van der Waals surface area contributed by atoms with Gasteiger partial charge in [-0.15, -0.1) is 0 Å². The standard InChI is InChI=1S/C20H20N4O4/c25-18(19(26)23-21-14-15-6-2-1-3-7-15)22-17-9-5-4-8-16(17)20(27)24-10-12-28-13-11-24/h1-9,14H,10-13H2,(H,22,25)(H,23,26)/b21-14+. The second kappa shape index (κ2) is 9.43. The van der Waals surface area contributed by atoms with Gasteiger partial charge in [-0.25, -0.2) is 5.43 Å². The number of para-hydroxylation sites is 1. The number of hydrogen-bond acceptors (Lipinski definition) is 5. The number of hydrazone groups is 1. The number of nitrogens with one attached hydrogen (secondary N) is 2. The molecule has 144 valence electrons. The molecule has 2 N–H and O–H groups in total. The summed E-state index contributed by atoms with van der Waals surface area (Å²) in [5, 5.41) is 6.24. The minimum Gasteiger partial charge on any atom is -0.378 e. The first kappa shape index (κ1) is 19.2. The number of nitrogens with zero attached hydrogens (tertiary/aromatic N) is 2. The summed E-state index contributed by atoms with van der Waals surface area (Å²) in [5.74, 6) is -2.06. The van der Waals surface area contributed by atoms with Gasteiger partial charge in [0.15, 0.2) is 0 Å². The molecule has 1 aliphatic rings. The van der Waals surface area contributed by atoms with Crippen LogP contribution in [-0.4, -0.2) is 55.1 Å². The van der Waals surface area contributed by atoms with Crippen LogP contribution in [0.3, 0.4) is 0 Å². The lowest BCUT2D eigenvalue weighted by atomic mass is 10.1. The Labute approximate surface area is 162 Å². The van der Waals surface area contributed by atoms with Gasteiger partial charge in [-0.3, -0.25) is 14.4 Å². The van der Waals surface area contributed by atoms with Crippen molar-refractivity contribution in [3.05, 3.63) is 65.7 Å². The summed E-state index contributed by atoms with van der Waals surface area (Å²) in [4.78, 5) is 38.5. The number of carbonyl (C=O) groups is 3. The third kappa shape index (κ3) is 5.01. The second-order valence-electron chi connectivity index (χ2n) is 6.01. The summed E-state index contributed by atoms with van der Waals surface area (Å²) in [5.41, 5.74) is 3.54. The Bertz CT molecular complexity index is 877. The number of rotatable bonds is 4. The fraction of sp³-hybridized carbons (Fsp3) is 0.200. The summed E-state index contributed by atoms with van der Waals surface area (Å²) < 4.78 is 5.25. The van der Waals surface area contributed by atoms with Crippen LogP contribution >= 0.6 is 0 Å². The molecular formula is C20H20N4O4. The van der Waals surface area contributed by atoms with Gasteiger partial charge in [0.1, 0.15) is 0 Å². The summed E-state index contributed by atoms with van der Waals surface area (Å²) in [6.45, 7) is 1.91. The van der Waals surface area contributed by atoms with Crippen LogP contribution in [0, 0.1) is 0 Å². The van der Waals surface area contributed by atoms with E-state index in [0.717, 1.165) is 5.56 Å². The monoisotopic (exact) mass is 380 g/mol. The summed E-state index contributed by atoms with van der Waals surface area (Å²) in [6.07, 6.45) is 1.43. The minimum absolute atomic E-state index is 0.221. The quantitative estimate of drug-likeness (QED) is 0.474. The lowest BCUT2D eigenvalue weighted by molar-refractivity contribution is -0.136. The van der Waals surface area contributed by atoms with Crippen LogP contribution in [0.1, 0.15) is 15.9 Å². The van der Waals surface area contributed by atoms with Crippen LogP contribution < -0.4 is 10.7 Å². The highest BCUT2D eigenvalue weighted by molar-refractivity contribution is 6.40. The van der Waals surface area contributed by atoms with E-state index in [-0.39, 0.29) is 11.6 Å². The molecule has 8 nitrogen and oxygen atoms in total. The van der Waals surface area contributed by atoms with Crippen molar-refractivity contribution < 1.29 is 19.1 Å².